The van der Waals surface area contributed by atoms with Crippen LogP contribution in [0.15, 0.2) is 0 Å². The van der Waals surface area contributed by atoms with E-state index in [0.717, 1.165) is 49.0 Å². The molecule has 0 aromatic rings. The minimum atomic E-state index is -0.00867. The van der Waals surface area contributed by atoms with Crippen molar-refractivity contribution in [3.63, 3.8) is 0 Å². The second kappa shape index (κ2) is 5.04. The maximum atomic E-state index is 10.2. The third-order valence-corrected chi connectivity index (χ3v) is 10.7. The van der Waals surface area contributed by atoms with Crippen molar-refractivity contribution in [1.29, 1.82) is 0 Å². The lowest BCUT2D eigenvalue weighted by Gasteiger charge is -2.62. The second-order valence-electron chi connectivity index (χ2n) is 11.2. The molecule has 0 aromatic heterocycles. The first-order valence-electron chi connectivity index (χ1n) is 11.4. The summed E-state index contributed by atoms with van der Waals surface area (Å²) >= 11 is 0. The van der Waals surface area contributed by atoms with Crippen molar-refractivity contribution in [2.75, 3.05) is 6.61 Å². The fraction of sp³-hybridized carbons (Fsp3) is 1.00. The molecule has 6 fully saturated rings. The summed E-state index contributed by atoms with van der Waals surface area (Å²) in [6, 6.07) is 0. The van der Waals surface area contributed by atoms with Gasteiger partial charge in [0.25, 0.3) is 0 Å². The lowest BCUT2D eigenvalue weighted by Crippen LogP contribution is -2.56. The van der Waals surface area contributed by atoms with E-state index >= 15 is 0 Å². The maximum absolute atomic E-state index is 10.2. The van der Waals surface area contributed by atoms with Gasteiger partial charge in [0, 0.05) is 0 Å². The lowest BCUT2D eigenvalue weighted by molar-refractivity contribution is -0.142. The van der Waals surface area contributed by atoms with Crippen LogP contribution in [-0.2, 0) is 4.74 Å². The fourth-order valence-corrected chi connectivity index (χ4v) is 9.65. The van der Waals surface area contributed by atoms with Crippen LogP contribution in [0.1, 0.15) is 84.0 Å². The van der Waals surface area contributed by atoms with Gasteiger partial charge in [-0.1, -0.05) is 6.92 Å². The molecule has 25 heavy (non-hydrogen) atoms. The molecule has 3 unspecified atom stereocenters. The monoisotopic (exact) mass is 344 g/mol. The van der Waals surface area contributed by atoms with Gasteiger partial charge in [0.15, 0.2) is 0 Å². The van der Waals surface area contributed by atoms with Crippen LogP contribution >= 0.6 is 0 Å². The van der Waals surface area contributed by atoms with Gasteiger partial charge in [-0.3, -0.25) is 0 Å². The van der Waals surface area contributed by atoms with Gasteiger partial charge in [-0.05, 0) is 117 Å². The molecule has 2 nitrogen and oxygen atoms in total. The summed E-state index contributed by atoms with van der Waals surface area (Å²) in [5, 5.41) is 10.2. The molecule has 6 rings (SSSR count). The molecule has 2 heteroatoms. The zero-order valence-corrected chi connectivity index (χ0v) is 16.0. The molecule has 1 saturated heterocycles. The van der Waals surface area contributed by atoms with Gasteiger partial charge < -0.3 is 9.84 Å². The van der Waals surface area contributed by atoms with Crippen molar-refractivity contribution in [2.24, 2.45) is 40.4 Å². The SMILES string of the molecule is C[C@]12CC[C@@H](O)C[C@@H]1CCC1C3CC[C@@H]4[C@@]5(CCC[C@]34CCC12)CO5. The van der Waals surface area contributed by atoms with Gasteiger partial charge in [0.2, 0.25) is 0 Å². The normalized spacial score (nSPS) is 62.6. The van der Waals surface area contributed by atoms with E-state index in [0.29, 0.717) is 16.4 Å². The number of ether oxygens (including phenoxy) is 1. The first kappa shape index (κ1) is 15.9. The quantitative estimate of drug-likeness (QED) is 0.631. The first-order valence-corrected chi connectivity index (χ1v) is 11.4. The van der Waals surface area contributed by atoms with E-state index in [2.05, 4.69) is 6.92 Å². The van der Waals surface area contributed by atoms with Gasteiger partial charge in [0.1, 0.15) is 0 Å². The van der Waals surface area contributed by atoms with Gasteiger partial charge in [0.05, 0.1) is 18.3 Å². The number of hydrogen-bond donors (Lipinski definition) is 1. The highest BCUT2D eigenvalue weighted by molar-refractivity contribution is 5.18. The van der Waals surface area contributed by atoms with Crippen molar-refractivity contribution in [2.45, 2.75) is 95.7 Å². The molecule has 5 aliphatic carbocycles. The molecule has 1 aliphatic heterocycles. The van der Waals surface area contributed by atoms with Crippen LogP contribution in [0.3, 0.4) is 0 Å². The summed E-state index contributed by atoms with van der Waals surface area (Å²) in [4.78, 5) is 0. The zero-order valence-electron chi connectivity index (χ0n) is 16.0. The number of aliphatic hydroxyl groups is 1. The Balaban J connectivity index is 1.33. The molecule has 6 aliphatic rings. The molecule has 0 radical (unpaired) electrons. The van der Waals surface area contributed by atoms with E-state index in [1.54, 1.807) is 0 Å². The van der Waals surface area contributed by atoms with Crippen molar-refractivity contribution in [3.8, 4) is 0 Å². The number of fused-ring (bicyclic) bond motifs is 5. The Labute approximate surface area is 153 Å². The van der Waals surface area contributed by atoms with Crippen LogP contribution in [0.25, 0.3) is 0 Å². The third-order valence-electron chi connectivity index (χ3n) is 10.7. The molecule has 0 amide bonds. The minimum Gasteiger partial charge on any atom is -0.393 e. The molecule has 2 spiro atoms. The van der Waals surface area contributed by atoms with Gasteiger partial charge in [-0.25, -0.2) is 0 Å². The maximum Gasteiger partial charge on any atom is 0.0949 e. The van der Waals surface area contributed by atoms with Crippen molar-refractivity contribution in [3.05, 3.63) is 0 Å². The van der Waals surface area contributed by atoms with Crippen LogP contribution in [0, 0.1) is 40.4 Å². The topological polar surface area (TPSA) is 32.8 Å². The highest BCUT2D eigenvalue weighted by atomic mass is 16.6. The predicted molar refractivity (Wildman–Crippen MR) is 98.1 cm³/mol. The zero-order chi connectivity index (χ0) is 16.9. The fourth-order valence-electron chi connectivity index (χ4n) is 9.65. The van der Waals surface area contributed by atoms with Crippen LogP contribution < -0.4 is 0 Å². The Kier molecular flexibility index (Phi) is 3.21. The molecular formula is C23H36O2. The number of rotatable bonds is 0. The van der Waals surface area contributed by atoms with Gasteiger partial charge in [-0.2, -0.15) is 0 Å². The third kappa shape index (κ3) is 1.94. The van der Waals surface area contributed by atoms with Crippen molar-refractivity contribution in [1.82, 2.24) is 0 Å². The van der Waals surface area contributed by atoms with E-state index in [-0.39, 0.29) is 6.10 Å². The largest absolute Gasteiger partial charge is 0.393 e. The highest BCUT2D eigenvalue weighted by Gasteiger charge is 2.69. The average Bonchev–Trinajstić information content (AvgIpc) is 3.24. The molecule has 9 atom stereocenters. The second-order valence-corrected chi connectivity index (χ2v) is 11.2. The summed E-state index contributed by atoms with van der Waals surface area (Å²) in [5.41, 5.74) is 1.54. The molecule has 140 valence electrons. The van der Waals surface area contributed by atoms with E-state index in [9.17, 15) is 5.11 Å². The van der Waals surface area contributed by atoms with Gasteiger partial charge in [-0.15, -0.1) is 0 Å². The summed E-state index contributed by atoms with van der Waals surface area (Å²) in [7, 11) is 0. The van der Waals surface area contributed by atoms with Crippen LogP contribution in [-0.4, -0.2) is 23.4 Å². The Morgan fingerprint density at radius 2 is 1.76 bits per heavy atom. The summed E-state index contributed by atoms with van der Waals surface area (Å²) in [5.74, 6) is 4.64. The van der Waals surface area contributed by atoms with E-state index in [1.165, 1.54) is 64.2 Å². The first-order chi connectivity index (χ1) is 12.1. The Morgan fingerprint density at radius 3 is 2.60 bits per heavy atom. The highest BCUT2D eigenvalue weighted by Crippen LogP contribution is 2.73. The molecule has 1 heterocycles. The summed E-state index contributed by atoms with van der Waals surface area (Å²) in [6.07, 6.45) is 16.5. The van der Waals surface area contributed by atoms with Crippen molar-refractivity contribution < 1.29 is 9.84 Å². The lowest BCUT2D eigenvalue weighted by atomic mass is 9.43. The Hall–Kier alpha value is -0.0800. The number of epoxide rings is 1. The van der Waals surface area contributed by atoms with Crippen LogP contribution in [0.2, 0.25) is 0 Å². The molecule has 0 aromatic carbocycles. The van der Waals surface area contributed by atoms with Crippen molar-refractivity contribution >= 4 is 0 Å². The van der Waals surface area contributed by atoms with E-state index < -0.39 is 0 Å². The standard InChI is InChI=1S/C23H36O2/c1-21-11-7-16(24)13-15(21)3-4-17-18(21)8-12-22-9-2-10-23(14-25-23)20(22)6-5-19(17)22/h15-20,24H,2-14H2,1H3/t15-,16+,17?,18?,19?,20-,21-,22-,23+/m0/s1. The summed E-state index contributed by atoms with van der Waals surface area (Å²) < 4.78 is 6.12. The van der Waals surface area contributed by atoms with Crippen LogP contribution in [0.5, 0.6) is 0 Å². The number of aliphatic hydroxyl groups excluding tert-OH is 1. The van der Waals surface area contributed by atoms with Gasteiger partial charge >= 0.3 is 0 Å². The molecule has 0 bridgehead atoms. The Bertz CT molecular complexity index is 568. The number of hydrogen-bond acceptors (Lipinski definition) is 2. The molecule has 1 N–H and O–H groups in total. The minimum absolute atomic E-state index is 0.00867. The predicted octanol–water partition coefficient (Wildman–Crippen LogP) is 4.94. The summed E-state index contributed by atoms with van der Waals surface area (Å²) in [6.45, 7) is 3.70. The van der Waals surface area contributed by atoms with Crippen LogP contribution in [0.4, 0.5) is 0 Å². The van der Waals surface area contributed by atoms with E-state index in [4.69, 9.17) is 4.74 Å². The molecular weight excluding hydrogens is 308 g/mol. The smallest absolute Gasteiger partial charge is 0.0949 e. The average molecular weight is 345 g/mol. The molecule has 5 saturated carbocycles. The Morgan fingerprint density at radius 1 is 0.880 bits per heavy atom. The van der Waals surface area contributed by atoms with E-state index in [1.807, 2.05) is 0 Å².